The summed E-state index contributed by atoms with van der Waals surface area (Å²) < 4.78 is 5.18. The van der Waals surface area contributed by atoms with Crippen molar-refractivity contribution in [3.63, 3.8) is 0 Å². The SMILES string of the molecule is COc1ccc(N2CCN(C(=O)c3ccc(Cl)cc3)CC2)cc1Cl. The number of hydrogen-bond donors (Lipinski definition) is 0. The lowest BCUT2D eigenvalue weighted by molar-refractivity contribution is 0.0747. The lowest BCUT2D eigenvalue weighted by Crippen LogP contribution is -2.48. The lowest BCUT2D eigenvalue weighted by atomic mass is 10.1. The van der Waals surface area contributed by atoms with Crippen LogP contribution in [0.5, 0.6) is 5.75 Å². The van der Waals surface area contributed by atoms with Gasteiger partial charge in [-0.05, 0) is 42.5 Å². The quantitative estimate of drug-likeness (QED) is 0.825. The van der Waals surface area contributed by atoms with E-state index in [9.17, 15) is 4.79 Å². The first-order valence-electron chi connectivity index (χ1n) is 7.72. The number of nitrogens with zero attached hydrogens (tertiary/aromatic N) is 2. The van der Waals surface area contributed by atoms with E-state index in [1.54, 1.807) is 31.4 Å². The molecule has 24 heavy (non-hydrogen) atoms. The van der Waals surface area contributed by atoms with Crippen molar-refractivity contribution in [3.05, 3.63) is 58.1 Å². The van der Waals surface area contributed by atoms with Gasteiger partial charge in [-0.25, -0.2) is 0 Å². The average Bonchev–Trinajstić information content (AvgIpc) is 2.62. The third-order valence-electron chi connectivity index (χ3n) is 4.16. The Balaban J connectivity index is 1.64. The molecule has 2 aromatic rings. The highest BCUT2D eigenvalue weighted by Gasteiger charge is 2.22. The minimum absolute atomic E-state index is 0.0408. The normalized spacial score (nSPS) is 14.6. The van der Waals surface area contributed by atoms with E-state index in [0.717, 1.165) is 18.8 Å². The second kappa shape index (κ2) is 7.32. The molecule has 3 rings (SSSR count). The molecular weight excluding hydrogens is 347 g/mol. The highest BCUT2D eigenvalue weighted by atomic mass is 35.5. The lowest BCUT2D eigenvalue weighted by Gasteiger charge is -2.36. The van der Waals surface area contributed by atoms with E-state index in [1.807, 2.05) is 23.1 Å². The molecule has 1 saturated heterocycles. The Hall–Kier alpha value is -1.91. The van der Waals surface area contributed by atoms with Crippen molar-refractivity contribution in [3.8, 4) is 5.75 Å². The van der Waals surface area contributed by atoms with Gasteiger partial charge in [0.15, 0.2) is 0 Å². The Bertz CT molecular complexity index is 726. The molecule has 0 spiro atoms. The molecule has 126 valence electrons. The Morgan fingerprint density at radius 3 is 2.25 bits per heavy atom. The third-order valence-corrected chi connectivity index (χ3v) is 4.71. The summed E-state index contributed by atoms with van der Waals surface area (Å²) in [7, 11) is 1.60. The van der Waals surface area contributed by atoms with Crippen LogP contribution >= 0.6 is 23.2 Å². The minimum Gasteiger partial charge on any atom is -0.495 e. The predicted molar refractivity (Wildman–Crippen MR) is 97.6 cm³/mol. The zero-order valence-corrected chi connectivity index (χ0v) is 14.8. The molecule has 2 aromatic carbocycles. The Morgan fingerprint density at radius 1 is 1.00 bits per heavy atom. The Kier molecular flexibility index (Phi) is 5.17. The van der Waals surface area contributed by atoms with Crippen molar-refractivity contribution in [1.82, 2.24) is 4.90 Å². The maximum absolute atomic E-state index is 12.5. The maximum atomic E-state index is 12.5. The van der Waals surface area contributed by atoms with Crippen molar-refractivity contribution in [2.75, 3.05) is 38.2 Å². The highest BCUT2D eigenvalue weighted by Crippen LogP contribution is 2.29. The number of piperazine rings is 1. The summed E-state index contributed by atoms with van der Waals surface area (Å²) in [5, 5.41) is 1.22. The minimum atomic E-state index is 0.0408. The molecule has 0 bridgehead atoms. The molecule has 1 heterocycles. The van der Waals surface area contributed by atoms with Gasteiger partial charge in [0.25, 0.3) is 5.91 Å². The smallest absolute Gasteiger partial charge is 0.253 e. The second-order valence-electron chi connectivity index (χ2n) is 5.60. The molecule has 0 saturated carbocycles. The van der Waals surface area contributed by atoms with Gasteiger partial charge in [0.05, 0.1) is 12.1 Å². The van der Waals surface area contributed by atoms with Gasteiger partial charge >= 0.3 is 0 Å². The topological polar surface area (TPSA) is 32.8 Å². The molecular formula is C18H18Cl2N2O2. The first kappa shape index (κ1) is 16.9. The fourth-order valence-corrected chi connectivity index (χ4v) is 3.17. The summed E-state index contributed by atoms with van der Waals surface area (Å²) >= 11 is 12.1. The number of ether oxygens (including phenoxy) is 1. The molecule has 1 aliphatic rings. The molecule has 0 aromatic heterocycles. The zero-order chi connectivity index (χ0) is 17.1. The zero-order valence-electron chi connectivity index (χ0n) is 13.3. The fraction of sp³-hybridized carbons (Fsp3) is 0.278. The van der Waals surface area contributed by atoms with E-state index in [1.165, 1.54) is 0 Å². The molecule has 0 aliphatic carbocycles. The van der Waals surface area contributed by atoms with E-state index >= 15 is 0 Å². The predicted octanol–water partition coefficient (Wildman–Crippen LogP) is 3.96. The van der Waals surface area contributed by atoms with Crippen molar-refractivity contribution >= 4 is 34.8 Å². The molecule has 0 atom stereocenters. The van der Waals surface area contributed by atoms with Gasteiger partial charge in [0.2, 0.25) is 0 Å². The average molecular weight is 365 g/mol. The number of anilines is 1. The third kappa shape index (κ3) is 3.60. The van der Waals surface area contributed by atoms with Crippen LogP contribution in [0.25, 0.3) is 0 Å². The number of hydrogen-bond acceptors (Lipinski definition) is 3. The molecule has 4 nitrogen and oxygen atoms in total. The monoisotopic (exact) mass is 364 g/mol. The molecule has 0 radical (unpaired) electrons. The summed E-state index contributed by atoms with van der Waals surface area (Å²) in [6, 6.07) is 12.8. The number of halogens is 2. The van der Waals surface area contributed by atoms with Crippen LogP contribution in [-0.4, -0.2) is 44.1 Å². The summed E-state index contributed by atoms with van der Waals surface area (Å²) in [5.74, 6) is 0.705. The van der Waals surface area contributed by atoms with Crippen LogP contribution in [0.4, 0.5) is 5.69 Å². The van der Waals surface area contributed by atoms with Crippen LogP contribution in [0.2, 0.25) is 10.0 Å². The Morgan fingerprint density at radius 2 is 1.67 bits per heavy atom. The van der Waals surface area contributed by atoms with Gasteiger partial charge in [-0.3, -0.25) is 4.79 Å². The molecule has 1 amide bonds. The van der Waals surface area contributed by atoms with Crippen molar-refractivity contribution in [2.45, 2.75) is 0 Å². The van der Waals surface area contributed by atoms with Gasteiger partial charge < -0.3 is 14.5 Å². The van der Waals surface area contributed by atoms with Crippen LogP contribution in [0.3, 0.4) is 0 Å². The second-order valence-corrected chi connectivity index (χ2v) is 6.45. The molecule has 1 aliphatic heterocycles. The number of carbonyl (C=O) groups excluding carboxylic acids is 1. The van der Waals surface area contributed by atoms with E-state index < -0.39 is 0 Å². The van der Waals surface area contributed by atoms with Crippen molar-refractivity contribution in [1.29, 1.82) is 0 Å². The maximum Gasteiger partial charge on any atom is 0.253 e. The van der Waals surface area contributed by atoms with Gasteiger partial charge in [-0.15, -0.1) is 0 Å². The summed E-state index contributed by atoms with van der Waals surface area (Å²) in [4.78, 5) is 16.6. The number of rotatable bonds is 3. The van der Waals surface area contributed by atoms with Gasteiger partial charge in [-0.2, -0.15) is 0 Å². The molecule has 0 N–H and O–H groups in total. The van der Waals surface area contributed by atoms with Crippen LogP contribution in [0.15, 0.2) is 42.5 Å². The van der Waals surface area contributed by atoms with Crippen LogP contribution < -0.4 is 9.64 Å². The van der Waals surface area contributed by atoms with E-state index in [0.29, 0.717) is 34.4 Å². The summed E-state index contributed by atoms with van der Waals surface area (Å²) in [6.45, 7) is 2.88. The van der Waals surface area contributed by atoms with E-state index in [-0.39, 0.29) is 5.91 Å². The number of benzene rings is 2. The van der Waals surface area contributed by atoms with Crippen LogP contribution in [0, 0.1) is 0 Å². The first-order chi connectivity index (χ1) is 11.6. The van der Waals surface area contributed by atoms with Crippen LogP contribution in [-0.2, 0) is 0 Å². The van der Waals surface area contributed by atoms with Crippen LogP contribution in [0.1, 0.15) is 10.4 Å². The summed E-state index contributed by atoms with van der Waals surface area (Å²) in [5.41, 5.74) is 1.71. The van der Waals surface area contributed by atoms with E-state index in [2.05, 4.69) is 4.90 Å². The van der Waals surface area contributed by atoms with E-state index in [4.69, 9.17) is 27.9 Å². The molecule has 0 unspecified atom stereocenters. The van der Waals surface area contributed by atoms with Crippen molar-refractivity contribution < 1.29 is 9.53 Å². The molecule has 1 fully saturated rings. The largest absolute Gasteiger partial charge is 0.495 e. The number of carbonyl (C=O) groups is 1. The van der Waals surface area contributed by atoms with Gasteiger partial charge in [0.1, 0.15) is 5.75 Å². The number of amides is 1. The van der Waals surface area contributed by atoms with Crippen molar-refractivity contribution in [2.24, 2.45) is 0 Å². The fourth-order valence-electron chi connectivity index (χ4n) is 2.79. The standard InChI is InChI=1S/C18H18Cl2N2O2/c1-24-17-7-6-15(12-16(17)20)21-8-10-22(11-9-21)18(23)13-2-4-14(19)5-3-13/h2-7,12H,8-11H2,1H3. The Labute approximate surface area is 151 Å². The number of methoxy groups -OCH3 is 1. The first-order valence-corrected chi connectivity index (χ1v) is 8.47. The van der Waals surface area contributed by atoms with Gasteiger partial charge in [0, 0.05) is 42.5 Å². The molecule has 6 heteroatoms. The summed E-state index contributed by atoms with van der Waals surface area (Å²) in [6.07, 6.45) is 0. The highest BCUT2D eigenvalue weighted by molar-refractivity contribution is 6.32. The van der Waals surface area contributed by atoms with Gasteiger partial charge in [-0.1, -0.05) is 23.2 Å².